The summed E-state index contributed by atoms with van der Waals surface area (Å²) in [6, 6.07) is 17.0. The van der Waals surface area contributed by atoms with Gasteiger partial charge in [-0.25, -0.2) is 4.98 Å². The van der Waals surface area contributed by atoms with Gasteiger partial charge in [-0.2, -0.15) is 0 Å². The molecule has 3 aromatic rings. The van der Waals surface area contributed by atoms with Gasteiger partial charge >= 0.3 is 0 Å². The zero-order valence-corrected chi connectivity index (χ0v) is 13.9. The Kier molecular flexibility index (Phi) is 4.22. The van der Waals surface area contributed by atoms with Gasteiger partial charge in [-0.15, -0.1) is 0 Å². The molecule has 0 unspecified atom stereocenters. The highest BCUT2D eigenvalue weighted by Gasteiger charge is 2.14. The van der Waals surface area contributed by atoms with Crippen LogP contribution in [-0.4, -0.2) is 34.4 Å². The molecule has 0 atom stereocenters. The van der Waals surface area contributed by atoms with Crippen molar-refractivity contribution < 1.29 is 5.11 Å². The number of benzene rings is 2. The normalized spacial score (nSPS) is 14.6. The van der Waals surface area contributed by atoms with E-state index < -0.39 is 0 Å². The van der Waals surface area contributed by atoms with Crippen molar-refractivity contribution in [3.63, 3.8) is 0 Å². The van der Waals surface area contributed by atoms with E-state index in [-0.39, 0.29) is 6.61 Å². The fourth-order valence-electron chi connectivity index (χ4n) is 3.55. The molecule has 4 heteroatoms. The van der Waals surface area contributed by atoms with E-state index in [1.54, 1.807) is 0 Å². The number of anilines is 1. The van der Waals surface area contributed by atoms with Gasteiger partial charge in [0, 0.05) is 37.5 Å². The largest absolute Gasteiger partial charge is 0.396 e. The summed E-state index contributed by atoms with van der Waals surface area (Å²) in [5.41, 5.74) is 4.57. The van der Waals surface area contributed by atoms with Crippen molar-refractivity contribution in [3.8, 4) is 11.4 Å². The van der Waals surface area contributed by atoms with Crippen LogP contribution in [0.4, 0.5) is 5.69 Å². The maximum atomic E-state index is 9.22. The van der Waals surface area contributed by atoms with Gasteiger partial charge in [0.05, 0.1) is 11.0 Å². The summed E-state index contributed by atoms with van der Waals surface area (Å²) in [4.78, 5) is 7.27. The number of aliphatic hydroxyl groups is 1. The van der Waals surface area contributed by atoms with Crippen LogP contribution in [-0.2, 0) is 6.54 Å². The van der Waals surface area contributed by atoms with E-state index in [4.69, 9.17) is 4.98 Å². The summed E-state index contributed by atoms with van der Waals surface area (Å²) in [5.74, 6) is 0.984. The number of aliphatic hydroxyl groups excluding tert-OH is 1. The number of fused-ring (bicyclic) bond motifs is 1. The van der Waals surface area contributed by atoms with Gasteiger partial charge in [0.25, 0.3) is 0 Å². The molecule has 0 spiro atoms. The maximum absolute atomic E-state index is 9.22. The monoisotopic (exact) mass is 321 g/mol. The highest BCUT2D eigenvalue weighted by atomic mass is 16.3. The molecular weight excluding hydrogens is 298 g/mol. The number of aryl methyl sites for hydroxylation is 1. The first-order valence-electron chi connectivity index (χ1n) is 8.78. The van der Waals surface area contributed by atoms with Crippen LogP contribution in [0.2, 0.25) is 0 Å². The first-order chi connectivity index (χ1) is 11.9. The Labute approximate surface area is 142 Å². The standard InChI is InChI=1S/C20H23N3O/c24-15-5-14-23-19-7-2-1-6-18(19)21-20(23)16-8-10-17(11-9-16)22-12-3-4-13-22/h1-2,6-11,24H,3-5,12-15H2. The molecule has 0 amide bonds. The van der Waals surface area contributed by atoms with Crippen molar-refractivity contribution in [2.45, 2.75) is 25.8 Å². The Hall–Kier alpha value is -2.33. The molecule has 1 N–H and O–H groups in total. The first-order valence-corrected chi connectivity index (χ1v) is 8.78. The molecule has 1 aromatic heterocycles. The molecule has 1 fully saturated rings. The summed E-state index contributed by atoms with van der Waals surface area (Å²) in [6.45, 7) is 3.29. The van der Waals surface area contributed by atoms with E-state index in [1.807, 2.05) is 18.2 Å². The molecule has 124 valence electrons. The third kappa shape index (κ3) is 2.78. The Balaban J connectivity index is 1.72. The van der Waals surface area contributed by atoms with Gasteiger partial charge in [-0.05, 0) is 55.7 Å². The Morgan fingerprint density at radius 3 is 2.46 bits per heavy atom. The number of nitrogens with zero attached hydrogens (tertiary/aromatic N) is 3. The summed E-state index contributed by atoms with van der Waals surface area (Å²) in [6.07, 6.45) is 3.32. The number of hydrogen-bond acceptors (Lipinski definition) is 3. The second-order valence-electron chi connectivity index (χ2n) is 6.39. The Bertz CT molecular complexity index is 817. The molecule has 1 aliphatic rings. The van der Waals surface area contributed by atoms with Gasteiger partial charge in [0.1, 0.15) is 5.82 Å². The Morgan fingerprint density at radius 1 is 0.958 bits per heavy atom. The average Bonchev–Trinajstić information content (AvgIpc) is 3.28. The third-order valence-electron chi connectivity index (χ3n) is 4.79. The van der Waals surface area contributed by atoms with Crippen LogP contribution in [0.3, 0.4) is 0 Å². The van der Waals surface area contributed by atoms with E-state index in [0.717, 1.165) is 48.5 Å². The minimum atomic E-state index is 0.194. The molecule has 2 aromatic carbocycles. The molecule has 1 saturated heterocycles. The number of hydrogen-bond donors (Lipinski definition) is 1. The molecule has 24 heavy (non-hydrogen) atoms. The molecule has 0 radical (unpaired) electrons. The van der Waals surface area contributed by atoms with E-state index in [9.17, 15) is 5.11 Å². The minimum Gasteiger partial charge on any atom is -0.396 e. The summed E-state index contributed by atoms with van der Waals surface area (Å²) < 4.78 is 2.22. The highest BCUT2D eigenvalue weighted by Crippen LogP contribution is 2.28. The van der Waals surface area contributed by atoms with E-state index in [1.165, 1.54) is 18.5 Å². The van der Waals surface area contributed by atoms with Crippen LogP contribution in [0.5, 0.6) is 0 Å². The Morgan fingerprint density at radius 2 is 1.71 bits per heavy atom. The smallest absolute Gasteiger partial charge is 0.141 e. The predicted octanol–water partition coefficient (Wildman–Crippen LogP) is 3.69. The fraction of sp³-hybridized carbons (Fsp3) is 0.350. The highest BCUT2D eigenvalue weighted by molar-refractivity contribution is 5.80. The lowest BCUT2D eigenvalue weighted by Crippen LogP contribution is -2.17. The van der Waals surface area contributed by atoms with Crippen LogP contribution in [0, 0.1) is 0 Å². The van der Waals surface area contributed by atoms with Crippen molar-refractivity contribution in [3.05, 3.63) is 48.5 Å². The molecule has 0 saturated carbocycles. The minimum absolute atomic E-state index is 0.194. The van der Waals surface area contributed by atoms with Crippen molar-refractivity contribution in [1.82, 2.24) is 9.55 Å². The second kappa shape index (κ2) is 6.65. The molecule has 4 nitrogen and oxygen atoms in total. The lowest BCUT2D eigenvalue weighted by Gasteiger charge is -2.17. The zero-order chi connectivity index (χ0) is 16.4. The lowest BCUT2D eigenvalue weighted by molar-refractivity contribution is 0.281. The number of para-hydroxylation sites is 2. The van der Waals surface area contributed by atoms with Crippen molar-refractivity contribution in [1.29, 1.82) is 0 Å². The van der Waals surface area contributed by atoms with E-state index in [0.29, 0.717) is 0 Å². The third-order valence-corrected chi connectivity index (χ3v) is 4.79. The molecule has 4 rings (SSSR count). The summed E-state index contributed by atoms with van der Waals surface area (Å²) in [5, 5.41) is 9.22. The molecule has 2 heterocycles. The van der Waals surface area contributed by atoms with Gasteiger partial charge in [0.2, 0.25) is 0 Å². The predicted molar refractivity (Wildman–Crippen MR) is 98.3 cm³/mol. The van der Waals surface area contributed by atoms with Gasteiger partial charge in [-0.3, -0.25) is 0 Å². The molecular formula is C20H23N3O. The number of rotatable bonds is 5. The van der Waals surface area contributed by atoms with Gasteiger partial charge < -0.3 is 14.6 Å². The van der Waals surface area contributed by atoms with Crippen LogP contribution in [0.15, 0.2) is 48.5 Å². The van der Waals surface area contributed by atoms with Crippen molar-refractivity contribution in [2.24, 2.45) is 0 Å². The maximum Gasteiger partial charge on any atom is 0.141 e. The topological polar surface area (TPSA) is 41.3 Å². The van der Waals surface area contributed by atoms with Crippen LogP contribution in [0.1, 0.15) is 19.3 Å². The summed E-state index contributed by atoms with van der Waals surface area (Å²) in [7, 11) is 0. The zero-order valence-electron chi connectivity index (χ0n) is 13.9. The second-order valence-corrected chi connectivity index (χ2v) is 6.39. The number of imidazole rings is 1. The molecule has 1 aliphatic heterocycles. The van der Waals surface area contributed by atoms with Gasteiger partial charge in [0.15, 0.2) is 0 Å². The van der Waals surface area contributed by atoms with E-state index in [2.05, 4.69) is 39.8 Å². The first kappa shape index (κ1) is 15.2. The molecule has 0 aliphatic carbocycles. The molecule has 0 bridgehead atoms. The van der Waals surface area contributed by atoms with Gasteiger partial charge in [-0.1, -0.05) is 12.1 Å². The van der Waals surface area contributed by atoms with Crippen LogP contribution in [0.25, 0.3) is 22.4 Å². The van der Waals surface area contributed by atoms with Crippen LogP contribution < -0.4 is 4.90 Å². The fourth-order valence-corrected chi connectivity index (χ4v) is 3.55. The SMILES string of the molecule is OCCCn1c(-c2ccc(N3CCCC3)cc2)nc2ccccc21. The van der Waals surface area contributed by atoms with Crippen LogP contribution >= 0.6 is 0 Å². The number of aromatic nitrogens is 2. The quantitative estimate of drug-likeness (QED) is 0.779. The van der Waals surface area contributed by atoms with Crippen molar-refractivity contribution in [2.75, 3.05) is 24.6 Å². The lowest BCUT2D eigenvalue weighted by atomic mass is 10.2. The van der Waals surface area contributed by atoms with E-state index >= 15 is 0 Å². The van der Waals surface area contributed by atoms with Crippen molar-refractivity contribution >= 4 is 16.7 Å². The summed E-state index contributed by atoms with van der Waals surface area (Å²) >= 11 is 0. The average molecular weight is 321 g/mol.